The van der Waals surface area contributed by atoms with E-state index in [4.69, 9.17) is 0 Å². The first kappa shape index (κ1) is 23.5. The summed E-state index contributed by atoms with van der Waals surface area (Å²) in [6, 6.07) is 27.2. The molecule has 0 unspecified atom stereocenters. The Labute approximate surface area is 202 Å². The van der Waals surface area contributed by atoms with Gasteiger partial charge in [0.15, 0.2) is 5.54 Å². The van der Waals surface area contributed by atoms with Crippen molar-refractivity contribution >= 4 is 23.6 Å². The molecule has 1 atom stereocenters. The Bertz CT molecular complexity index is 1210. The highest BCUT2D eigenvalue weighted by Crippen LogP contribution is 2.50. The number of hydrogen-bond acceptors (Lipinski definition) is 2. The molecule has 1 N–H and O–H groups in total. The van der Waals surface area contributed by atoms with E-state index in [9.17, 15) is 9.59 Å². The number of amides is 2. The normalized spacial score (nSPS) is 19.3. The van der Waals surface area contributed by atoms with Crippen LogP contribution in [-0.2, 0) is 15.1 Å². The van der Waals surface area contributed by atoms with Gasteiger partial charge < -0.3 is 5.32 Å². The molecule has 0 saturated carbocycles. The first-order valence-corrected chi connectivity index (χ1v) is 11.7. The maximum absolute atomic E-state index is 14.1. The van der Waals surface area contributed by atoms with Crippen LogP contribution in [0.5, 0.6) is 0 Å². The van der Waals surface area contributed by atoms with Crippen LogP contribution >= 0.6 is 0 Å². The lowest BCUT2D eigenvalue weighted by molar-refractivity contribution is -0.135. The molecule has 1 fully saturated rings. The monoisotopic (exact) mass is 452 g/mol. The third-order valence-corrected chi connectivity index (χ3v) is 6.10. The van der Waals surface area contributed by atoms with Crippen molar-refractivity contribution in [2.24, 2.45) is 0 Å². The van der Waals surface area contributed by atoms with Gasteiger partial charge in [-0.1, -0.05) is 86.6 Å². The fourth-order valence-corrected chi connectivity index (χ4v) is 4.45. The number of benzene rings is 3. The van der Waals surface area contributed by atoms with Crippen molar-refractivity contribution in [2.75, 3.05) is 4.90 Å². The molecule has 174 valence electrons. The van der Waals surface area contributed by atoms with Gasteiger partial charge in [-0.05, 0) is 61.6 Å². The topological polar surface area (TPSA) is 49.4 Å². The molecule has 1 heterocycles. The Hall–Kier alpha value is -3.66. The average Bonchev–Trinajstić information content (AvgIpc) is 2.81. The molecule has 2 amide bonds. The largest absolute Gasteiger partial charge is 0.349 e. The first-order valence-electron chi connectivity index (χ1n) is 11.7. The summed E-state index contributed by atoms with van der Waals surface area (Å²) >= 11 is 0. The van der Waals surface area contributed by atoms with Crippen LogP contribution in [0.2, 0.25) is 0 Å². The molecular weight excluding hydrogens is 420 g/mol. The number of nitrogens with one attached hydrogen (secondary N) is 1. The Kier molecular flexibility index (Phi) is 6.18. The number of anilines is 1. The third-order valence-electron chi connectivity index (χ3n) is 6.10. The first-order chi connectivity index (χ1) is 16.1. The van der Waals surface area contributed by atoms with Crippen LogP contribution in [0, 0.1) is 0 Å². The van der Waals surface area contributed by atoms with Crippen molar-refractivity contribution in [3.63, 3.8) is 0 Å². The van der Waals surface area contributed by atoms with Gasteiger partial charge in [0, 0.05) is 11.2 Å². The zero-order valence-electron chi connectivity index (χ0n) is 20.5. The van der Waals surface area contributed by atoms with Crippen LogP contribution in [0.1, 0.15) is 57.2 Å². The van der Waals surface area contributed by atoms with Crippen LogP contribution in [0.4, 0.5) is 5.69 Å². The van der Waals surface area contributed by atoms with E-state index < -0.39 is 11.1 Å². The van der Waals surface area contributed by atoms with E-state index in [0.29, 0.717) is 17.2 Å². The maximum atomic E-state index is 14.1. The molecule has 4 nitrogen and oxygen atoms in total. The fourth-order valence-electron chi connectivity index (χ4n) is 4.45. The molecule has 3 aromatic rings. The Balaban J connectivity index is 1.95. The van der Waals surface area contributed by atoms with Crippen LogP contribution in [-0.4, -0.2) is 17.4 Å². The molecule has 34 heavy (non-hydrogen) atoms. The number of carbonyl (C=O) groups is 2. The van der Waals surface area contributed by atoms with E-state index in [1.165, 1.54) is 5.56 Å². The second-order valence-electron chi connectivity index (χ2n) is 10.1. The highest BCUT2D eigenvalue weighted by Gasteiger charge is 2.63. The molecule has 4 rings (SSSR count). The average molecular weight is 453 g/mol. The second-order valence-corrected chi connectivity index (χ2v) is 10.1. The highest BCUT2D eigenvalue weighted by atomic mass is 16.2. The summed E-state index contributed by atoms with van der Waals surface area (Å²) in [5, 5.41) is 3.15. The molecule has 0 spiro atoms. The van der Waals surface area contributed by atoms with Crippen LogP contribution in [0.3, 0.4) is 0 Å². The summed E-state index contributed by atoms with van der Waals surface area (Å²) in [6.07, 6.45) is 1.84. The minimum atomic E-state index is -1.28. The number of nitrogens with zero attached hydrogens (tertiary/aromatic N) is 1. The predicted molar refractivity (Wildman–Crippen MR) is 138 cm³/mol. The lowest BCUT2D eigenvalue weighted by Crippen LogP contribution is -2.71. The van der Waals surface area contributed by atoms with Gasteiger partial charge in [-0.3, -0.25) is 14.5 Å². The zero-order chi connectivity index (χ0) is 24.5. The quantitative estimate of drug-likeness (QED) is 0.378. The lowest BCUT2D eigenvalue weighted by atomic mass is 9.70. The smallest absolute Gasteiger partial charge is 0.259 e. The van der Waals surface area contributed by atoms with Gasteiger partial charge in [-0.25, -0.2) is 0 Å². The van der Waals surface area contributed by atoms with Crippen molar-refractivity contribution in [1.82, 2.24) is 5.32 Å². The second kappa shape index (κ2) is 8.94. The van der Waals surface area contributed by atoms with Crippen LogP contribution in [0.25, 0.3) is 6.08 Å². The lowest BCUT2D eigenvalue weighted by Gasteiger charge is -2.53. The zero-order valence-corrected chi connectivity index (χ0v) is 20.5. The molecule has 1 saturated heterocycles. The van der Waals surface area contributed by atoms with Crippen molar-refractivity contribution in [2.45, 2.75) is 51.6 Å². The van der Waals surface area contributed by atoms with Crippen LogP contribution < -0.4 is 10.2 Å². The van der Waals surface area contributed by atoms with Crippen molar-refractivity contribution in [3.05, 3.63) is 107 Å². The summed E-state index contributed by atoms with van der Waals surface area (Å²) in [5.74, 6) is -0.0206. The van der Waals surface area contributed by atoms with Gasteiger partial charge in [-0.2, -0.15) is 0 Å². The van der Waals surface area contributed by atoms with E-state index >= 15 is 0 Å². The van der Waals surface area contributed by atoms with E-state index in [1.54, 1.807) is 4.90 Å². The van der Waals surface area contributed by atoms with Gasteiger partial charge in [-0.15, -0.1) is 0 Å². The maximum Gasteiger partial charge on any atom is 0.259 e. The SMILES string of the molecule is CC(C)c1ccc(N2C(=O)/C(=C\c3ccccc3)[C@]2(C(=O)NC(C)(C)C)c2ccccc2)cc1. The van der Waals surface area contributed by atoms with Gasteiger partial charge >= 0.3 is 0 Å². The fraction of sp³-hybridized carbons (Fsp3) is 0.267. The summed E-state index contributed by atoms with van der Waals surface area (Å²) in [4.78, 5) is 29.5. The Morgan fingerprint density at radius 3 is 1.97 bits per heavy atom. The minimum Gasteiger partial charge on any atom is -0.349 e. The summed E-state index contributed by atoms with van der Waals surface area (Å²) in [5.41, 5.74) is 2.23. The number of β-lactam (4-membered cyclic amide) rings is 1. The Morgan fingerprint density at radius 2 is 1.44 bits per heavy atom. The summed E-state index contributed by atoms with van der Waals surface area (Å²) in [6.45, 7) is 10.1. The number of rotatable bonds is 5. The molecule has 0 aromatic heterocycles. The number of carbonyl (C=O) groups excluding carboxylic acids is 2. The summed E-state index contributed by atoms with van der Waals surface area (Å²) in [7, 11) is 0. The third kappa shape index (κ3) is 4.16. The van der Waals surface area contributed by atoms with E-state index in [1.807, 2.05) is 112 Å². The molecule has 1 aliphatic heterocycles. The molecule has 0 radical (unpaired) electrons. The molecule has 0 bridgehead atoms. The molecule has 4 heteroatoms. The molecular formula is C30H32N2O2. The molecule has 3 aromatic carbocycles. The predicted octanol–water partition coefficient (Wildman–Crippen LogP) is 6.05. The van der Waals surface area contributed by atoms with Crippen molar-refractivity contribution < 1.29 is 9.59 Å². The van der Waals surface area contributed by atoms with E-state index in [2.05, 4.69) is 19.2 Å². The number of hydrogen-bond donors (Lipinski definition) is 1. The Morgan fingerprint density at radius 1 is 0.882 bits per heavy atom. The standard InChI is InChI=1S/C30H32N2O2/c1-21(2)23-16-18-25(19-17-23)32-27(33)26(20-22-12-8-6-9-13-22)30(32,24-14-10-7-11-15-24)28(34)31-29(3,4)5/h6-21H,1-5H3,(H,31,34)/b26-20+/t30-/m0/s1. The van der Waals surface area contributed by atoms with Gasteiger partial charge in [0.25, 0.3) is 11.8 Å². The van der Waals surface area contributed by atoms with E-state index in [-0.39, 0.29) is 11.8 Å². The summed E-state index contributed by atoms with van der Waals surface area (Å²) < 4.78 is 0. The minimum absolute atomic E-state index is 0.172. The van der Waals surface area contributed by atoms with Gasteiger partial charge in [0.2, 0.25) is 0 Å². The molecule has 1 aliphatic rings. The van der Waals surface area contributed by atoms with E-state index in [0.717, 1.165) is 11.1 Å². The van der Waals surface area contributed by atoms with Crippen molar-refractivity contribution in [1.29, 1.82) is 0 Å². The van der Waals surface area contributed by atoms with Gasteiger partial charge in [0.05, 0.1) is 5.57 Å². The highest BCUT2D eigenvalue weighted by molar-refractivity contribution is 6.27. The molecule has 0 aliphatic carbocycles. The van der Waals surface area contributed by atoms with Crippen LogP contribution in [0.15, 0.2) is 90.5 Å². The van der Waals surface area contributed by atoms with Crippen molar-refractivity contribution in [3.8, 4) is 0 Å². The van der Waals surface area contributed by atoms with Gasteiger partial charge in [0.1, 0.15) is 0 Å².